The molecule has 0 saturated carbocycles. The minimum atomic E-state index is 0.856. The fourth-order valence-corrected chi connectivity index (χ4v) is 4.09. The lowest BCUT2D eigenvalue weighted by atomic mass is 10.2. The lowest BCUT2D eigenvalue weighted by Gasteiger charge is -2.05. The van der Waals surface area contributed by atoms with Gasteiger partial charge in [-0.15, -0.1) is 11.3 Å². The summed E-state index contributed by atoms with van der Waals surface area (Å²) in [6.45, 7) is 2.02. The van der Waals surface area contributed by atoms with Crippen LogP contribution in [0.1, 0.15) is 5.69 Å². The van der Waals surface area contributed by atoms with Crippen molar-refractivity contribution in [3.8, 4) is 27.0 Å². The second-order valence-electron chi connectivity index (χ2n) is 6.16. The van der Waals surface area contributed by atoms with Crippen LogP contribution in [-0.2, 0) is 0 Å². The number of hydrogen-bond acceptors (Lipinski definition) is 5. The van der Waals surface area contributed by atoms with E-state index in [0.29, 0.717) is 0 Å². The first-order valence-corrected chi connectivity index (χ1v) is 9.39. The lowest BCUT2D eigenvalue weighted by Crippen LogP contribution is -1.96. The van der Waals surface area contributed by atoms with E-state index in [1.165, 1.54) is 0 Å². The van der Waals surface area contributed by atoms with E-state index in [2.05, 4.69) is 28.2 Å². The second-order valence-corrected chi connectivity index (χ2v) is 7.16. The molecule has 0 atom stereocenters. The summed E-state index contributed by atoms with van der Waals surface area (Å²) in [5.41, 5.74) is 3.81. The van der Waals surface area contributed by atoms with Gasteiger partial charge in [-0.2, -0.15) is 0 Å². The molecule has 6 heteroatoms. The Morgan fingerprint density at radius 3 is 2.70 bits per heavy atom. The molecule has 0 fully saturated rings. The Labute approximate surface area is 160 Å². The van der Waals surface area contributed by atoms with Crippen LogP contribution in [0.25, 0.3) is 38.0 Å². The second kappa shape index (κ2) is 6.41. The van der Waals surface area contributed by atoms with Gasteiger partial charge in [0.25, 0.3) is 0 Å². The molecule has 0 saturated heterocycles. The van der Waals surface area contributed by atoms with Gasteiger partial charge in [0.15, 0.2) is 0 Å². The number of nitrogens with zero attached hydrogens (tertiary/aromatic N) is 5. The Bertz CT molecular complexity index is 1230. The number of pyridine rings is 3. The first kappa shape index (κ1) is 15.8. The molecule has 0 spiro atoms. The topological polar surface area (TPSA) is 56.5 Å². The van der Waals surface area contributed by atoms with Crippen molar-refractivity contribution < 1.29 is 0 Å². The first-order valence-electron chi connectivity index (χ1n) is 8.57. The van der Waals surface area contributed by atoms with E-state index < -0.39 is 0 Å². The molecule has 27 heavy (non-hydrogen) atoms. The normalized spacial score (nSPS) is 11.1. The maximum absolute atomic E-state index is 4.93. The van der Waals surface area contributed by atoms with E-state index in [9.17, 15) is 0 Å². The molecule has 0 unspecified atom stereocenters. The van der Waals surface area contributed by atoms with Crippen LogP contribution in [-0.4, -0.2) is 24.5 Å². The lowest BCUT2D eigenvalue weighted by molar-refractivity contribution is 1.02. The standard InChI is InChI=1S/C21H15N5S/c1-14-19(27-21(24-14)16-5-4-10-22-13-16)17-8-7-15-9-12-26(20(15)25-17)18-6-2-3-11-23-18/h2-13H,1H3. The predicted octanol–water partition coefficient (Wildman–Crippen LogP) is 4.91. The average molecular weight is 369 g/mol. The van der Waals surface area contributed by atoms with Gasteiger partial charge in [-0.1, -0.05) is 6.07 Å². The van der Waals surface area contributed by atoms with E-state index in [1.807, 2.05) is 54.2 Å². The highest BCUT2D eigenvalue weighted by Gasteiger charge is 2.14. The molecule has 0 aliphatic rings. The molecule has 5 nitrogen and oxygen atoms in total. The first-order chi connectivity index (χ1) is 13.3. The van der Waals surface area contributed by atoms with Crippen LogP contribution < -0.4 is 0 Å². The van der Waals surface area contributed by atoms with Crippen molar-refractivity contribution in [2.75, 3.05) is 0 Å². The van der Waals surface area contributed by atoms with Crippen LogP contribution in [0.3, 0.4) is 0 Å². The Morgan fingerprint density at radius 1 is 0.926 bits per heavy atom. The third kappa shape index (κ3) is 2.80. The summed E-state index contributed by atoms with van der Waals surface area (Å²) in [5, 5.41) is 2.04. The largest absolute Gasteiger partial charge is 0.285 e. The monoisotopic (exact) mass is 369 g/mol. The maximum atomic E-state index is 4.93. The quantitative estimate of drug-likeness (QED) is 0.453. The minimum absolute atomic E-state index is 0.856. The van der Waals surface area contributed by atoms with Gasteiger partial charge in [-0.25, -0.2) is 15.0 Å². The van der Waals surface area contributed by atoms with E-state index in [4.69, 9.17) is 9.97 Å². The summed E-state index contributed by atoms with van der Waals surface area (Å²) in [7, 11) is 0. The zero-order chi connectivity index (χ0) is 18.2. The summed E-state index contributed by atoms with van der Waals surface area (Å²) in [5.74, 6) is 0.856. The number of aryl methyl sites for hydroxylation is 1. The van der Waals surface area contributed by atoms with Crippen LogP contribution in [0.2, 0.25) is 0 Å². The van der Waals surface area contributed by atoms with Gasteiger partial charge < -0.3 is 0 Å². The average Bonchev–Trinajstić information content (AvgIpc) is 3.32. The molecular weight excluding hydrogens is 354 g/mol. The fourth-order valence-electron chi connectivity index (χ4n) is 3.06. The molecule has 0 N–H and O–H groups in total. The molecule has 130 valence electrons. The predicted molar refractivity (Wildman–Crippen MR) is 108 cm³/mol. The molecule has 0 radical (unpaired) electrons. The zero-order valence-corrected chi connectivity index (χ0v) is 15.4. The minimum Gasteiger partial charge on any atom is -0.285 e. The number of thiazole rings is 1. The van der Waals surface area contributed by atoms with Crippen LogP contribution in [0, 0.1) is 6.92 Å². The highest BCUT2D eigenvalue weighted by Crippen LogP contribution is 2.34. The van der Waals surface area contributed by atoms with E-state index >= 15 is 0 Å². The Balaban J connectivity index is 1.63. The molecule has 5 aromatic rings. The fraction of sp³-hybridized carbons (Fsp3) is 0.0476. The number of fused-ring (bicyclic) bond motifs is 1. The van der Waals surface area contributed by atoms with Crippen molar-refractivity contribution in [1.29, 1.82) is 0 Å². The van der Waals surface area contributed by atoms with Crippen molar-refractivity contribution in [2.45, 2.75) is 6.92 Å². The van der Waals surface area contributed by atoms with Crippen molar-refractivity contribution in [2.24, 2.45) is 0 Å². The smallest absolute Gasteiger partial charge is 0.146 e. The van der Waals surface area contributed by atoms with E-state index in [1.54, 1.807) is 23.7 Å². The van der Waals surface area contributed by atoms with Crippen LogP contribution in [0.4, 0.5) is 0 Å². The molecular formula is C21H15N5S. The van der Waals surface area contributed by atoms with Gasteiger partial charge in [0.05, 0.1) is 16.3 Å². The number of rotatable bonds is 3. The Morgan fingerprint density at radius 2 is 1.89 bits per heavy atom. The van der Waals surface area contributed by atoms with Crippen molar-refractivity contribution in [3.63, 3.8) is 0 Å². The van der Waals surface area contributed by atoms with Crippen molar-refractivity contribution in [3.05, 3.63) is 79.0 Å². The van der Waals surface area contributed by atoms with Crippen molar-refractivity contribution >= 4 is 22.4 Å². The highest BCUT2D eigenvalue weighted by atomic mass is 32.1. The summed E-state index contributed by atoms with van der Waals surface area (Å²) >= 11 is 1.64. The van der Waals surface area contributed by atoms with Crippen LogP contribution in [0.5, 0.6) is 0 Å². The molecule has 5 heterocycles. The molecule has 0 aliphatic carbocycles. The summed E-state index contributed by atoms with van der Waals surface area (Å²) in [6.07, 6.45) is 7.40. The zero-order valence-electron chi connectivity index (χ0n) is 14.6. The van der Waals surface area contributed by atoms with Gasteiger partial charge in [0, 0.05) is 35.7 Å². The third-order valence-electron chi connectivity index (χ3n) is 4.37. The Hall–Kier alpha value is -3.38. The maximum Gasteiger partial charge on any atom is 0.146 e. The molecule has 5 rings (SSSR count). The molecule has 0 aromatic carbocycles. The van der Waals surface area contributed by atoms with E-state index in [-0.39, 0.29) is 0 Å². The third-order valence-corrected chi connectivity index (χ3v) is 5.60. The molecule has 0 bridgehead atoms. The molecule has 0 aliphatic heterocycles. The van der Waals surface area contributed by atoms with Crippen LogP contribution >= 0.6 is 11.3 Å². The van der Waals surface area contributed by atoms with E-state index in [0.717, 1.165) is 43.7 Å². The van der Waals surface area contributed by atoms with Gasteiger partial charge in [0.1, 0.15) is 16.5 Å². The van der Waals surface area contributed by atoms with Gasteiger partial charge in [-0.3, -0.25) is 9.55 Å². The highest BCUT2D eigenvalue weighted by molar-refractivity contribution is 7.18. The SMILES string of the molecule is Cc1nc(-c2cccnc2)sc1-c1ccc2ccn(-c3ccccn3)c2n1. The molecule has 5 aromatic heterocycles. The van der Waals surface area contributed by atoms with Gasteiger partial charge in [-0.05, 0) is 49.4 Å². The van der Waals surface area contributed by atoms with Crippen LogP contribution in [0.15, 0.2) is 73.3 Å². The van der Waals surface area contributed by atoms with Gasteiger partial charge in [0.2, 0.25) is 0 Å². The summed E-state index contributed by atoms with van der Waals surface area (Å²) in [6, 6.07) is 16.0. The summed E-state index contributed by atoms with van der Waals surface area (Å²) < 4.78 is 2.01. The van der Waals surface area contributed by atoms with Crippen molar-refractivity contribution in [1.82, 2.24) is 24.5 Å². The number of aromatic nitrogens is 5. The van der Waals surface area contributed by atoms with Gasteiger partial charge >= 0.3 is 0 Å². The molecule has 0 amide bonds. The summed E-state index contributed by atoms with van der Waals surface area (Å²) in [4.78, 5) is 19.4. The number of hydrogen-bond donors (Lipinski definition) is 0. The Kier molecular flexibility index (Phi) is 3.76.